The summed E-state index contributed by atoms with van der Waals surface area (Å²) in [6.07, 6.45) is 0.931. The molecule has 1 heterocycles. The van der Waals surface area contributed by atoms with Crippen LogP contribution in [0.3, 0.4) is 0 Å². The molecule has 1 aromatic heterocycles. The van der Waals surface area contributed by atoms with E-state index in [4.69, 9.17) is 9.57 Å². The molecule has 1 N–H and O–H groups in total. The number of benzene rings is 1. The molecule has 0 fully saturated rings. The van der Waals surface area contributed by atoms with Crippen molar-refractivity contribution in [1.82, 2.24) is 5.32 Å². The van der Waals surface area contributed by atoms with Gasteiger partial charge < -0.3 is 14.9 Å². The maximum Gasteiger partial charge on any atom is 0.263 e. The topological polar surface area (TPSA) is 59.9 Å². The van der Waals surface area contributed by atoms with Crippen molar-refractivity contribution in [1.29, 1.82) is 0 Å². The molecule has 6 heteroatoms. The minimum Gasteiger partial charge on any atom is -0.496 e. The van der Waals surface area contributed by atoms with Gasteiger partial charge in [0.25, 0.3) is 5.91 Å². The number of methoxy groups -OCH3 is 1. The highest BCUT2D eigenvalue weighted by Crippen LogP contribution is 2.16. The monoisotopic (exact) mass is 318 g/mol. The van der Waals surface area contributed by atoms with Crippen molar-refractivity contribution >= 4 is 23.5 Å². The Hall–Kier alpha value is -2.34. The molecule has 0 spiro atoms. The van der Waals surface area contributed by atoms with Gasteiger partial charge in [0.15, 0.2) is 0 Å². The van der Waals surface area contributed by atoms with E-state index in [1.54, 1.807) is 31.6 Å². The summed E-state index contributed by atoms with van der Waals surface area (Å²) in [6.45, 7) is 2.04. The van der Waals surface area contributed by atoms with Crippen molar-refractivity contribution in [2.24, 2.45) is 5.16 Å². The van der Waals surface area contributed by atoms with Gasteiger partial charge in [-0.25, -0.2) is 0 Å². The van der Waals surface area contributed by atoms with Crippen molar-refractivity contribution in [2.75, 3.05) is 7.11 Å². The van der Waals surface area contributed by atoms with E-state index in [2.05, 4.69) is 10.5 Å². The largest absolute Gasteiger partial charge is 0.496 e. The van der Waals surface area contributed by atoms with Gasteiger partial charge in [0, 0.05) is 17.0 Å². The summed E-state index contributed by atoms with van der Waals surface area (Å²) in [7, 11) is 1.60. The smallest absolute Gasteiger partial charge is 0.263 e. The molecular weight excluding hydrogens is 300 g/mol. The number of thiophene rings is 1. The lowest BCUT2D eigenvalue weighted by Crippen LogP contribution is -2.33. The molecule has 1 aromatic carbocycles. The van der Waals surface area contributed by atoms with Crippen LogP contribution in [0.5, 0.6) is 5.75 Å². The minimum atomic E-state index is -0.661. The highest BCUT2D eigenvalue weighted by Gasteiger charge is 2.14. The number of carbonyl (C=O) groups is 1. The molecule has 1 unspecified atom stereocenters. The van der Waals surface area contributed by atoms with Crippen LogP contribution in [-0.4, -0.2) is 25.3 Å². The lowest BCUT2D eigenvalue weighted by Gasteiger charge is -2.12. The van der Waals surface area contributed by atoms with E-state index < -0.39 is 6.10 Å². The molecule has 5 nitrogen and oxygen atoms in total. The third-order valence-electron chi connectivity index (χ3n) is 2.96. The van der Waals surface area contributed by atoms with Crippen LogP contribution >= 0.6 is 11.3 Å². The Bertz CT molecular complexity index is 626. The van der Waals surface area contributed by atoms with Crippen LogP contribution in [-0.2, 0) is 16.2 Å². The summed E-state index contributed by atoms with van der Waals surface area (Å²) in [5.74, 6) is 0.515. The third kappa shape index (κ3) is 4.60. The molecule has 0 saturated heterocycles. The zero-order valence-corrected chi connectivity index (χ0v) is 13.3. The van der Waals surface area contributed by atoms with Crippen LogP contribution in [0.4, 0.5) is 0 Å². The van der Waals surface area contributed by atoms with Gasteiger partial charge in [0.05, 0.1) is 13.3 Å². The van der Waals surface area contributed by atoms with E-state index >= 15 is 0 Å². The summed E-state index contributed by atoms with van der Waals surface area (Å²) in [4.78, 5) is 18.1. The van der Waals surface area contributed by atoms with Crippen molar-refractivity contribution in [3.8, 4) is 5.75 Å². The Balaban J connectivity index is 1.81. The molecule has 0 radical (unpaired) electrons. The van der Waals surface area contributed by atoms with Crippen LogP contribution in [0.25, 0.3) is 0 Å². The first-order valence-electron chi connectivity index (χ1n) is 6.83. The number of ether oxygens (including phenoxy) is 1. The second kappa shape index (κ2) is 8.19. The molecule has 0 aliphatic heterocycles. The molecule has 1 amide bonds. The maximum atomic E-state index is 12.0. The summed E-state index contributed by atoms with van der Waals surface area (Å²) < 4.78 is 5.24. The summed E-state index contributed by atoms with van der Waals surface area (Å²) in [5, 5.41) is 8.57. The van der Waals surface area contributed by atoms with E-state index in [0.717, 1.165) is 16.2 Å². The Labute approximate surface area is 133 Å². The number of amides is 1. The third-order valence-corrected chi connectivity index (χ3v) is 3.76. The zero-order chi connectivity index (χ0) is 15.8. The van der Waals surface area contributed by atoms with Crippen LogP contribution < -0.4 is 10.1 Å². The Morgan fingerprint density at radius 1 is 1.36 bits per heavy atom. The van der Waals surface area contributed by atoms with Crippen LogP contribution in [0, 0.1) is 0 Å². The maximum absolute atomic E-state index is 12.0. The fourth-order valence-corrected chi connectivity index (χ4v) is 2.34. The van der Waals surface area contributed by atoms with E-state index in [0.29, 0.717) is 6.54 Å². The Kier molecular flexibility index (Phi) is 5.97. The highest BCUT2D eigenvalue weighted by molar-refractivity contribution is 7.11. The molecule has 22 heavy (non-hydrogen) atoms. The number of oxime groups is 1. The number of para-hydroxylation sites is 1. The SMILES string of the molecule is COc1ccccc1CNC(=O)C(C)O/N=C/c1cccs1. The molecule has 2 rings (SSSR count). The van der Waals surface area contributed by atoms with E-state index in [9.17, 15) is 4.79 Å². The van der Waals surface area contributed by atoms with Crippen LogP contribution in [0.15, 0.2) is 46.9 Å². The van der Waals surface area contributed by atoms with Crippen molar-refractivity contribution < 1.29 is 14.4 Å². The van der Waals surface area contributed by atoms with E-state index in [-0.39, 0.29) is 5.91 Å². The van der Waals surface area contributed by atoms with Gasteiger partial charge in [-0.05, 0) is 24.4 Å². The van der Waals surface area contributed by atoms with Crippen molar-refractivity contribution in [2.45, 2.75) is 19.6 Å². The Morgan fingerprint density at radius 2 is 2.18 bits per heavy atom. The number of rotatable bonds is 7. The van der Waals surface area contributed by atoms with Gasteiger partial charge in [0.2, 0.25) is 6.10 Å². The van der Waals surface area contributed by atoms with Gasteiger partial charge >= 0.3 is 0 Å². The second-order valence-electron chi connectivity index (χ2n) is 4.53. The van der Waals surface area contributed by atoms with Gasteiger partial charge in [-0.15, -0.1) is 11.3 Å². The number of carbonyl (C=O) groups excluding carboxylic acids is 1. The predicted molar refractivity (Wildman–Crippen MR) is 87.3 cm³/mol. The van der Waals surface area contributed by atoms with Gasteiger partial charge in [0.1, 0.15) is 5.75 Å². The lowest BCUT2D eigenvalue weighted by molar-refractivity contribution is -0.131. The molecule has 116 valence electrons. The molecule has 2 aromatic rings. The van der Waals surface area contributed by atoms with Crippen LogP contribution in [0.2, 0.25) is 0 Å². The molecule has 0 saturated carbocycles. The number of nitrogens with one attached hydrogen (secondary N) is 1. The summed E-state index contributed by atoms with van der Waals surface area (Å²) >= 11 is 1.55. The lowest BCUT2D eigenvalue weighted by atomic mass is 10.2. The average Bonchev–Trinajstić information content (AvgIpc) is 3.06. The number of hydrogen-bond acceptors (Lipinski definition) is 5. The number of nitrogens with zero attached hydrogens (tertiary/aromatic N) is 1. The normalized spacial score (nSPS) is 12.1. The van der Waals surface area contributed by atoms with Gasteiger partial charge in [-0.2, -0.15) is 0 Å². The standard InChI is InChI=1S/C16H18N2O3S/c1-12(21-18-11-14-7-5-9-22-14)16(19)17-10-13-6-3-4-8-15(13)20-2/h3-9,11-12H,10H2,1-2H3,(H,17,19)/b18-11+. The second-order valence-corrected chi connectivity index (χ2v) is 5.51. The van der Waals surface area contributed by atoms with Gasteiger partial charge in [-0.1, -0.05) is 29.4 Å². The van der Waals surface area contributed by atoms with Gasteiger partial charge in [-0.3, -0.25) is 4.79 Å². The molecule has 0 aliphatic rings. The zero-order valence-electron chi connectivity index (χ0n) is 12.5. The van der Waals surface area contributed by atoms with Crippen molar-refractivity contribution in [3.05, 3.63) is 52.2 Å². The highest BCUT2D eigenvalue weighted by atomic mass is 32.1. The summed E-state index contributed by atoms with van der Waals surface area (Å²) in [6, 6.07) is 11.4. The van der Waals surface area contributed by atoms with E-state index in [1.807, 2.05) is 41.8 Å². The molecular formula is C16H18N2O3S. The van der Waals surface area contributed by atoms with E-state index in [1.165, 1.54) is 0 Å². The number of hydrogen-bond donors (Lipinski definition) is 1. The average molecular weight is 318 g/mol. The van der Waals surface area contributed by atoms with Crippen LogP contribution in [0.1, 0.15) is 17.4 Å². The Morgan fingerprint density at radius 3 is 2.91 bits per heavy atom. The predicted octanol–water partition coefficient (Wildman–Crippen LogP) is 2.81. The van der Waals surface area contributed by atoms with Crippen molar-refractivity contribution in [3.63, 3.8) is 0 Å². The minimum absolute atomic E-state index is 0.228. The first-order chi connectivity index (χ1) is 10.7. The fourth-order valence-electron chi connectivity index (χ4n) is 1.76. The fraction of sp³-hybridized carbons (Fsp3) is 0.250. The molecule has 0 bridgehead atoms. The first-order valence-corrected chi connectivity index (χ1v) is 7.71. The molecule has 1 atom stereocenters. The molecule has 0 aliphatic carbocycles. The summed E-state index contributed by atoms with van der Waals surface area (Å²) in [5.41, 5.74) is 0.910. The first kappa shape index (κ1) is 16.0. The quantitative estimate of drug-likeness (QED) is 0.631.